The van der Waals surface area contributed by atoms with Gasteiger partial charge >= 0.3 is 0 Å². The van der Waals surface area contributed by atoms with Crippen LogP contribution in [0.3, 0.4) is 0 Å². The fraction of sp³-hybridized carbons (Fsp3) is 0.520. The largest absolute Gasteiger partial charge is 0.491 e. The van der Waals surface area contributed by atoms with Crippen LogP contribution >= 0.6 is 11.6 Å². The van der Waals surface area contributed by atoms with Crippen molar-refractivity contribution in [3.63, 3.8) is 0 Å². The Morgan fingerprint density at radius 2 is 2.09 bits per heavy atom. The molecule has 1 aliphatic heterocycles. The maximum Gasteiger partial charge on any atom is 0.255 e. The molecular weight excluding hydrogens is 470 g/mol. The van der Waals surface area contributed by atoms with Crippen molar-refractivity contribution in [2.24, 2.45) is 0 Å². The van der Waals surface area contributed by atoms with E-state index < -0.39 is 0 Å². The molecule has 0 saturated carbocycles. The first-order chi connectivity index (χ1) is 16.7. The smallest absolute Gasteiger partial charge is 0.255 e. The number of halogens is 1. The number of amides is 3. The van der Waals surface area contributed by atoms with Gasteiger partial charge in [-0.2, -0.15) is 0 Å². The first kappa shape index (κ1) is 26.5. The molecule has 3 amide bonds. The average Bonchev–Trinajstić information content (AvgIpc) is 3.29. The zero-order chi connectivity index (χ0) is 25.4. The molecule has 10 heteroatoms. The first-order valence-corrected chi connectivity index (χ1v) is 12.4. The lowest BCUT2D eigenvalue weighted by Crippen LogP contribution is -2.45. The number of nitrogens with one attached hydrogen (secondary N) is 2. The molecule has 190 valence electrons. The van der Waals surface area contributed by atoms with E-state index in [-0.39, 0.29) is 49.3 Å². The molecular formula is C25H34ClN5O4. The number of nitrogens with zero attached hydrogens (tertiary/aromatic N) is 3. The summed E-state index contributed by atoms with van der Waals surface area (Å²) in [7, 11) is 0. The van der Waals surface area contributed by atoms with Crippen LogP contribution in [0.2, 0.25) is 5.02 Å². The van der Waals surface area contributed by atoms with E-state index in [2.05, 4.69) is 29.5 Å². The highest BCUT2D eigenvalue weighted by molar-refractivity contribution is 6.31. The minimum absolute atomic E-state index is 0.0251. The van der Waals surface area contributed by atoms with Crippen molar-refractivity contribution in [3.8, 4) is 5.75 Å². The van der Waals surface area contributed by atoms with Crippen molar-refractivity contribution >= 4 is 29.3 Å². The zero-order valence-electron chi connectivity index (χ0n) is 20.6. The molecule has 2 N–H and O–H groups in total. The molecule has 0 aliphatic carbocycles. The molecule has 2 heterocycles. The standard InChI is InChI=1S/C25H34ClN5O4/c1-17(2)24-27-10-13-30(24)12-8-23(33)31-11-5-4-9-28-25(34)20-14-19(26)6-7-21(20)35-16-18(3)29-22(32)15-31/h6-7,10,13-14,17-18H,4-5,8-9,11-12,15-16H2,1-3H3,(H,28,34)(H,29,32)/t18-/m1/s1. The number of benzene rings is 1. The van der Waals surface area contributed by atoms with Crippen LogP contribution in [0.25, 0.3) is 0 Å². The molecule has 1 aliphatic rings. The van der Waals surface area contributed by atoms with Gasteiger partial charge in [-0.3, -0.25) is 14.4 Å². The Bertz CT molecular complexity index is 1040. The fourth-order valence-electron chi connectivity index (χ4n) is 3.96. The Morgan fingerprint density at radius 3 is 2.86 bits per heavy atom. The third kappa shape index (κ3) is 7.71. The molecule has 0 bridgehead atoms. The van der Waals surface area contributed by atoms with E-state index in [4.69, 9.17) is 16.3 Å². The van der Waals surface area contributed by atoms with Gasteiger partial charge in [0, 0.05) is 49.4 Å². The number of aromatic nitrogens is 2. The number of rotatable bonds is 4. The summed E-state index contributed by atoms with van der Waals surface area (Å²) >= 11 is 6.08. The van der Waals surface area contributed by atoms with Crippen molar-refractivity contribution < 1.29 is 19.1 Å². The van der Waals surface area contributed by atoms with Gasteiger partial charge in [0.25, 0.3) is 5.91 Å². The number of aryl methyl sites for hydroxylation is 1. The normalized spacial score (nSPS) is 18.1. The quantitative estimate of drug-likeness (QED) is 0.667. The number of carbonyl (C=O) groups excluding carboxylic acids is 3. The van der Waals surface area contributed by atoms with Gasteiger partial charge < -0.3 is 24.8 Å². The highest BCUT2D eigenvalue weighted by Gasteiger charge is 2.20. The van der Waals surface area contributed by atoms with Crippen molar-refractivity contribution in [1.29, 1.82) is 0 Å². The summed E-state index contributed by atoms with van der Waals surface area (Å²) < 4.78 is 7.79. The van der Waals surface area contributed by atoms with Gasteiger partial charge in [-0.25, -0.2) is 4.98 Å². The molecule has 1 aromatic heterocycles. The van der Waals surface area contributed by atoms with E-state index in [1.54, 1.807) is 29.3 Å². The third-order valence-electron chi connectivity index (χ3n) is 5.74. The predicted molar refractivity (Wildman–Crippen MR) is 134 cm³/mol. The molecule has 2 aromatic rings. The van der Waals surface area contributed by atoms with Gasteiger partial charge in [0.1, 0.15) is 18.2 Å². The van der Waals surface area contributed by atoms with E-state index in [1.807, 2.05) is 17.7 Å². The lowest BCUT2D eigenvalue weighted by Gasteiger charge is -2.24. The SMILES string of the molecule is CC(C)c1nccn1CCC(=O)N1CCCCNC(=O)c2cc(Cl)ccc2OC[C@@H](C)NC(=O)C1. The van der Waals surface area contributed by atoms with Crippen LogP contribution in [0.5, 0.6) is 5.75 Å². The second kappa shape index (κ2) is 12.6. The molecule has 3 rings (SSSR count). The van der Waals surface area contributed by atoms with Crippen LogP contribution in [0.15, 0.2) is 30.6 Å². The van der Waals surface area contributed by atoms with E-state index in [9.17, 15) is 14.4 Å². The fourth-order valence-corrected chi connectivity index (χ4v) is 4.13. The molecule has 9 nitrogen and oxygen atoms in total. The summed E-state index contributed by atoms with van der Waals surface area (Å²) in [6, 6.07) is 4.55. The Hall–Kier alpha value is -3.07. The molecule has 0 saturated heterocycles. The third-order valence-corrected chi connectivity index (χ3v) is 5.98. The summed E-state index contributed by atoms with van der Waals surface area (Å²) in [5.41, 5.74) is 0.350. The van der Waals surface area contributed by atoms with Crippen molar-refractivity contribution in [2.45, 2.75) is 58.5 Å². The van der Waals surface area contributed by atoms with Gasteiger partial charge in [0.05, 0.1) is 18.2 Å². The van der Waals surface area contributed by atoms with Gasteiger partial charge in [-0.1, -0.05) is 25.4 Å². The minimum atomic E-state index is -0.323. The number of hydrogen-bond donors (Lipinski definition) is 2. The number of ether oxygens (including phenoxy) is 1. The van der Waals surface area contributed by atoms with Crippen molar-refractivity contribution in [1.82, 2.24) is 25.1 Å². The molecule has 0 fully saturated rings. The van der Waals surface area contributed by atoms with Crippen LogP contribution in [0.1, 0.15) is 62.1 Å². The van der Waals surface area contributed by atoms with Gasteiger partial charge in [0.2, 0.25) is 11.8 Å². The second-order valence-electron chi connectivity index (χ2n) is 9.08. The Balaban J connectivity index is 1.66. The van der Waals surface area contributed by atoms with Crippen LogP contribution in [-0.4, -0.2) is 64.5 Å². The summed E-state index contributed by atoms with van der Waals surface area (Å²) in [6.07, 6.45) is 5.19. The first-order valence-electron chi connectivity index (χ1n) is 12.0. The average molecular weight is 504 g/mol. The molecule has 0 spiro atoms. The van der Waals surface area contributed by atoms with Crippen molar-refractivity contribution in [3.05, 3.63) is 47.0 Å². The number of imidazole rings is 1. The van der Waals surface area contributed by atoms with E-state index >= 15 is 0 Å². The lowest BCUT2D eigenvalue weighted by atomic mass is 10.1. The van der Waals surface area contributed by atoms with Crippen molar-refractivity contribution in [2.75, 3.05) is 26.2 Å². The maximum atomic E-state index is 13.0. The van der Waals surface area contributed by atoms with Crippen LogP contribution < -0.4 is 15.4 Å². The van der Waals surface area contributed by atoms with E-state index in [0.29, 0.717) is 48.8 Å². The zero-order valence-corrected chi connectivity index (χ0v) is 21.3. The van der Waals surface area contributed by atoms with Gasteiger partial charge in [-0.05, 0) is 38.0 Å². The van der Waals surface area contributed by atoms with Crippen LogP contribution in [0.4, 0.5) is 0 Å². The summed E-state index contributed by atoms with van der Waals surface area (Å²) in [6.45, 7) is 7.44. The molecule has 0 unspecified atom stereocenters. The second-order valence-corrected chi connectivity index (χ2v) is 9.52. The predicted octanol–water partition coefficient (Wildman–Crippen LogP) is 2.99. The van der Waals surface area contributed by atoms with Crippen LogP contribution in [0, 0.1) is 0 Å². The monoisotopic (exact) mass is 503 g/mol. The maximum absolute atomic E-state index is 13.0. The van der Waals surface area contributed by atoms with E-state index in [1.165, 1.54) is 0 Å². The molecule has 1 atom stereocenters. The molecule has 35 heavy (non-hydrogen) atoms. The highest BCUT2D eigenvalue weighted by atomic mass is 35.5. The van der Waals surface area contributed by atoms with Gasteiger partial charge in [-0.15, -0.1) is 0 Å². The highest BCUT2D eigenvalue weighted by Crippen LogP contribution is 2.23. The Labute approximate surface area is 211 Å². The number of carbonyl (C=O) groups is 3. The van der Waals surface area contributed by atoms with Gasteiger partial charge in [0.15, 0.2) is 0 Å². The lowest BCUT2D eigenvalue weighted by molar-refractivity contribution is -0.136. The topological polar surface area (TPSA) is 106 Å². The molecule has 1 aromatic carbocycles. The summed E-state index contributed by atoms with van der Waals surface area (Å²) in [5, 5.41) is 6.21. The minimum Gasteiger partial charge on any atom is -0.491 e. The summed E-state index contributed by atoms with van der Waals surface area (Å²) in [5.74, 6) is 0.969. The molecule has 0 radical (unpaired) electrons. The van der Waals surface area contributed by atoms with E-state index in [0.717, 1.165) is 5.82 Å². The Kier molecular flexibility index (Phi) is 9.54. The number of hydrogen-bond acceptors (Lipinski definition) is 5. The number of fused-ring (bicyclic) bond motifs is 1. The van der Waals surface area contributed by atoms with Crippen LogP contribution in [-0.2, 0) is 16.1 Å². The Morgan fingerprint density at radius 1 is 1.29 bits per heavy atom. The summed E-state index contributed by atoms with van der Waals surface area (Å²) in [4.78, 5) is 44.4.